The van der Waals surface area contributed by atoms with E-state index >= 15 is 0 Å². The summed E-state index contributed by atoms with van der Waals surface area (Å²) >= 11 is 12.0. The molecule has 5 nitrogen and oxygen atoms in total. The van der Waals surface area contributed by atoms with Crippen molar-refractivity contribution in [3.63, 3.8) is 0 Å². The average molecular weight is 413 g/mol. The Labute approximate surface area is 171 Å². The third-order valence-electron chi connectivity index (χ3n) is 4.32. The molecule has 0 radical (unpaired) electrons. The largest absolute Gasteiger partial charge is 0.457 e. The summed E-state index contributed by atoms with van der Waals surface area (Å²) in [5.41, 5.74) is 2.39. The number of benzene rings is 2. The van der Waals surface area contributed by atoms with E-state index in [1.165, 1.54) is 6.08 Å². The van der Waals surface area contributed by atoms with Crippen molar-refractivity contribution in [3.05, 3.63) is 81.7 Å². The Balaban J connectivity index is 1.64. The smallest absolute Gasteiger partial charge is 0.333 e. The van der Waals surface area contributed by atoms with Crippen LogP contribution in [0.2, 0.25) is 10.0 Å². The minimum Gasteiger partial charge on any atom is -0.457 e. The van der Waals surface area contributed by atoms with Crippen LogP contribution in [0.15, 0.2) is 64.7 Å². The molecule has 0 spiro atoms. The summed E-state index contributed by atoms with van der Waals surface area (Å²) < 4.78 is 5.83. The van der Waals surface area contributed by atoms with Crippen LogP contribution in [0.3, 0.4) is 0 Å². The summed E-state index contributed by atoms with van der Waals surface area (Å²) in [6.07, 6.45) is 1.49. The summed E-state index contributed by atoms with van der Waals surface area (Å²) in [7, 11) is 0. The first-order valence-electron chi connectivity index (χ1n) is 8.41. The molecular formula is C21H14Cl2N2O3. The number of hydrogen-bond donors (Lipinski definition) is 1. The topological polar surface area (TPSA) is 62.6 Å². The van der Waals surface area contributed by atoms with Crippen LogP contribution in [0.1, 0.15) is 11.3 Å². The van der Waals surface area contributed by atoms with Gasteiger partial charge in [0.2, 0.25) is 0 Å². The normalized spacial score (nSPS) is 15.4. The molecule has 140 valence electrons. The first-order chi connectivity index (χ1) is 13.4. The van der Waals surface area contributed by atoms with Gasteiger partial charge in [-0.15, -0.1) is 0 Å². The molecule has 4 rings (SSSR count). The van der Waals surface area contributed by atoms with Crippen LogP contribution in [-0.4, -0.2) is 11.9 Å². The van der Waals surface area contributed by atoms with Crippen molar-refractivity contribution >= 4 is 46.9 Å². The molecule has 1 fully saturated rings. The van der Waals surface area contributed by atoms with E-state index in [0.29, 0.717) is 27.3 Å². The summed E-state index contributed by atoms with van der Waals surface area (Å²) in [5.74, 6) is 0.574. The van der Waals surface area contributed by atoms with Gasteiger partial charge >= 0.3 is 6.03 Å². The van der Waals surface area contributed by atoms with Gasteiger partial charge in [-0.3, -0.25) is 4.79 Å². The quantitative estimate of drug-likeness (QED) is 0.445. The van der Waals surface area contributed by atoms with E-state index in [2.05, 4.69) is 5.32 Å². The van der Waals surface area contributed by atoms with Crippen LogP contribution in [0, 0.1) is 6.92 Å². The number of anilines is 1. The van der Waals surface area contributed by atoms with E-state index in [0.717, 1.165) is 16.0 Å². The van der Waals surface area contributed by atoms with Crippen LogP contribution in [-0.2, 0) is 4.79 Å². The lowest BCUT2D eigenvalue weighted by molar-refractivity contribution is -0.113. The number of nitrogens with zero attached hydrogens (tertiary/aromatic N) is 1. The number of rotatable bonds is 3. The molecule has 0 bridgehead atoms. The molecule has 7 heteroatoms. The Morgan fingerprint density at radius 1 is 1.00 bits per heavy atom. The number of halogens is 2. The highest BCUT2D eigenvalue weighted by Crippen LogP contribution is 2.30. The van der Waals surface area contributed by atoms with E-state index in [1.807, 2.05) is 25.1 Å². The molecule has 0 unspecified atom stereocenters. The predicted octanol–water partition coefficient (Wildman–Crippen LogP) is 5.66. The number of nitrogens with one attached hydrogen (secondary N) is 1. The molecule has 3 amide bonds. The maximum atomic E-state index is 12.7. The van der Waals surface area contributed by atoms with Crippen LogP contribution in [0.5, 0.6) is 0 Å². The van der Waals surface area contributed by atoms with Crippen molar-refractivity contribution in [1.82, 2.24) is 5.32 Å². The number of imide groups is 1. The minimum absolute atomic E-state index is 0.119. The maximum absolute atomic E-state index is 12.7. The van der Waals surface area contributed by atoms with Gasteiger partial charge in [-0.1, -0.05) is 35.3 Å². The molecule has 1 saturated heterocycles. The predicted molar refractivity (Wildman–Crippen MR) is 109 cm³/mol. The number of carbonyl (C=O) groups excluding carboxylic acids is 2. The molecule has 1 N–H and O–H groups in total. The minimum atomic E-state index is -0.545. The number of carbonyl (C=O) groups is 2. The SMILES string of the molecule is Cc1ccc(Cl)cc1-c1ccc(/C=C2/NC(=O)N(c3cccc(Cl)c3)C2=O)o1. The van der Waals surface area contributed by atoms with E-state index in [-0.39, 0.29) is 5.70 Å². The van der Waals surface area contributed by atoms with Crippen molar-refractivity contribution in [2.45, 2.75) is 6.92 Å². The molecule has 0 aliphatic carbocycles. The molecule has 0 atom stereocenters. The number of hydrogen-bond acceptors (Lipinski definition) is 3. The van der Waals surface area contributed by atoms with Gasteiger partial charge in [0.15, 0.2) is 0 Å². The van der Waals surface area contributed by atoms with Gasteiger partial charge < -0.3 is 9.73 Å². The third-order valence-corrected chi connectivity index (χ3v) is 4.79. The standard InChI is InChI=1S/C21H14Cl2N2O3/c1-12-5-6-14(23)10-17(12)19-8-7-16(28-19)11-18-20(26)25(21(27)24-18)15-4-2-3-13(22)9-15/h2-11H,1H3,(H,24,27)/b18-11+. The Hall–Kier alpha value is -3.02. The highest BCUT2D eigenvalue weighted by Gasteiger charge is 2.35. The molecule has 1 aliphatic rings. The monoisotopic (exact) mass is 412 g/mol. The zero-order chi connectivity index (χ0) is 19.8. The van der Waals surface area contributed by atoms with Crippen LogP contribution >= 0.6 is 23.2 Å². The molecular weight excluding hydrogens is 399 g/mol. The van der Waals surface area contributed by atoms with Gasteiger partial charge in [0.1, 0.15) is 17.2 Å². The van der Waals surface area contributed by atoms with Gasteiger partial charge in [0.25, 0.3) is 5.91 Å². The Morgan fingerprint density at radius 2 is 1.79 bits per heavy atom. The van der Waals surface area contributed by atoms with Gasteiger partial charge in [0.05, 0.1) is 5.69 Å². The molecule has 3 aromatic rings. The van der Waals surface area contributed by atoms with E-state index in [1.54, 1.807) is 36.4 Å². The fraction of sp³-hybridized carbons (Fsp3) is 0.0476. The van der Waals surface area contributed by atoms with Crippen LogP contribution in [0.25, 0.3) is 17.4 Å². The van der Waals surface area contributed by atoms with Crippen molar-refractivity contribution < 1.29 is 14.0 Å². The summed E-state index contributed by atoms with van der Waals surface area (Å²) in [5, 5.41) is 3.60. The molecule has 1 aromatic heterocycles. The van der Waals surface area contributed by atoms with Gasteiger partial charge in [-0.05, 0) is 55.0 Å². The number of urea groups is 1. The van der Waals surface area contributed by atoms with Crippen molar-refractivity contribution in [2.75, 3.05) is 4.90 Å². The van der Waals surface area contributed by atoms with Crippen molar-refractivity contribution in [2.24, 2.45) is 0 Å². The Morgan fingerprint density at radius 3 is 2.57 bits per heavy atom. The average Bonchev–Trinajstić information content (AvgIpc) is 3.22. The first-order valence-corrected chi connectivity index (χ1v) is 9.17. The molecule has 1 aliphatic heterocycles. The van der Waals surface area contributed by atoms with Gasteiger partial charge in [-0.2, -0.15) is 0 Å². The zero-order valence-corrected chi connectivity index (χ0v) is 16.2. The second-order valence-electron chi connectivity index (χ2n) is 6.27. The van der Waals surface area contributed by atoms with Crippen molar-refractivity contribution in [3.8, 4) is 11.3 Å². The van der Waals surface area contributed by atoms with Crippen molar-refractivity contribution in [1.29, 1.82) is 0 Å². The molecule has 0 saturated carbocycles. The molecule has 28 heavy (non-hydrogen) atoms. The summed E-state index contributed by atoms with van der Waals surface area (Å²) in [6.45, 7) is 1.95. The third kappa shape index (κ3) is 3.42. The zero-order valence-electron chi connectivity index (χ0n) is 14.7. The number of aryl methyl sites for hydroxylation is 1. The molecule has 2 aromatic carbocycles. The highest BCUT2D eigenvalue weighted by molar-refractivity contribution is 6.32. The Kier molecular flexibility index (Phi) is 4.71. The highest BCUT2D eigenvalue weighted by atomic mass is 35.5. The first kappa shape index (κ1) is 18.3. The lowest BCUT2D eigenvalue weighted by Gasteiger charge is -2.11. The van der Waals surface area contributed by atoms with E-state index in [4.69, 9.17) is 27.6 Å². The summed E-state index contributed by atoms with van der Waals surface area (Å²) in [4.78, 5) is 26.0. The van der Waals surface area contributed by atoms with Crippen LogP contribution in [0.4, 0.5) is 10.5 Å². The second-order valence-corrected chi connectivity index (χ2v) is 7.14. The summed E-state index contributed by atoms with van der Waals surface area (Å²) in [6, 6.07) is 15.0. The number of furan rings is 1. The molecule has 2 heterocycles. The Bertz CT molecular complexity index is 1130. The van der Waals surface area contributed by atoms with E-state index < -0.39 is 11.9 Å². The number of amides is 3. The second kappa shape index (κ2) is 7.19. The lowest BCUT2D eigenvalue weighted by Crippen LogP contribution is -2.30. The maximum Gasteiger partial charge on any atom is 0.333 e. The van der Waals surface area contributed by atoms with Gasteiger partial charge in [-0.25, -0.2) is 9.69 Å². The fourth-order valence-corrected chi connectivity index (χ4v) is 3.32. The lowest BCUT2D eigenvalue weighted by atomic mass is 10.1. The fourth-order valence-electron chi connectivity index (χ4n) is 2.96. The van der Waals surface area contributed by atoms with Crippen LogP contribution < -0.4 is 10.2 Å². The van der Waals surface area contributed by atoms with E-state index in [9.17, 15) is 9.59 Å². The van der Waals surface area contributed by atoms with Gasteiger partial charge in [0, 0.05) is 21.7 Å².